The molecule has 4 heteroatoms. The minimum Gasteiger partial charge on any atom is -0.394 e. The summed E-state index contributed by atoms with van der Waals surface area (Å²) in [5.74, 6) is 0. The number of likely N-dealkylation sites (tertiary alicyclic amines) is 1. The molecular formula is C13H17Cl2NO. The molecule has 0 aromatic heterocycles. The summed E-state index contributed by atoms with van der Waals surface area (Å²) in [5, 5.41) is 10.9. The van der Waals surface area contributed by atoms with Gasteiger partial charge in [-0.2, -0.15) is 0 Å². The molecule has 1 fully saturated rings. The van der Waals surface area contributed by atoms with Gasteiger partial charge < -0.3 is 5.11 Å². The lowest BCUT2D eigenvalue weighted by atomic mass is 10.0. The van der Waals surface area contributed by atoms with Gasteiger partial charge in [-0.25, -0.2) is 0 Å². The molecule has 1 heterocycles. The third-order valence-corrected chi connectivity index (χ3v) is 3.89. The molecule has 1 aromatic rings. The summed E-state index contributed by atoms with van der Waals surface area (Å²) in [6, 6.07) is 5.49. The Morgan fingerprint density at radius 2 is 1.88 bits per heavy atom. The van der Waals surface area contributed by atoms with Crippen molar-refractivity contribution in [1.82, 2.24) is 4.90 Å². The van der Waals surface area contributed by atoms with Crippen LogP contribution in [0.2, 0.25) is 10.0 Å². The number of hydrogen-bond donors (Lipinski definition) is 1. The van der Waals surface area contributed by atoms with E-state index in [4.69, 9.17) is 23.2 Å². The monoisotopic (exact) mass is 273 g/mol. The van der Waals surface area contributed by atoms with E-state index in [0.717, 1.165) is 18.7 Å². The van der Waals surface area contributed by atoms with E-state index in [1.165, 1.54) is 19.3 Å². The van der Waals surface area contributed by atoms with Crippen molar-refractivity contribution in [3.8, 4) is 0 Å². The number of hydrogen-bond acceptors (Lipinski definition) is 2. The molecule has 1 N–H and O–H groups in total. The van der Waals surface area contributed by atoms with Gasteiger partial charge in [-0.1, -0.05) is 35.7 Å². The Balaban J connectivity index is 2.21. The van der Waals surface area contributed by atoms with Gasteiger partial charge in [0.05, 0.1) is 12.6 Å². The third kappa shape index (κ3) is 3.14. The standard InChI is InChI=1S/C13H17Cl2NO/c14-10-4-5-11(12(15)8-10)13(9-17)16-6-2-1-3-7-16/h4-5,8,13,17H,1-3,6-7,9H2. The van der Waals surface area contributed by atoms with Crippen LogP contribution in [-0.4, -0.2) is 29.7 Å². The SMILES string of the molecule is OCC(c1ccc(Cl)cc1Cl)N1CCCCC1. The van der Waals surface area contributed by atoms with Gasteiger partial charge in [-0.15, -0.1) is 0 Å². The quantitative estimate of drug-likeness (QED) is 0.911. The summed E-state index contributed by atoms with van der Waals surface area (Å²) in [6.07, 6.45) is 3.67. The highest BCUT2D eigenvalue weighted by molar-refractivity contribution is 6.35. The predicted octanol–water partition coefficient (Wildman–Crippen LogP) is 3.51. The summed E-state index contributed by atoms with van der Waals surface area (Å²) in [7, 11) is 0. The fourth-order valence-electron chi connectivity index (χ4n) is 2.41. The number of aliphatic hydroxyl groups excluding tert-OH is 1. The molecule has 1 saturated heterocycles. The van der Waals surface area contributed by atoms with Crippen molar-refractivity contribution in [2.24, 2.45) is 0 Å². The van der Waals surface area contributed by atoms with Crippen LogP contribution in [0.15, 0.2) is 18.2 Å². The Hall–Kier alpha value is -0.280. The van der Waals surface area contributed by atoms with Crippen LogP contribution >= 0.6 is 23.2 Å². The minimum atomic E-state index is 0.0000617. The molecule has 1 atom stereocenters. The molecule has 17 heavy (non-hydrogen) atoms. The Morgan fingerprint density at radius 1 is 1.18 bits per heavy atom. The van der Waals surface area contributed by atoms with Crippen molar-refractivity contribution in [2.75, 3.05) is 19.7 Å². The molecule has 0 saturated carbocycles. The van der Waals surface area contributed by atoms with Gasteiger partial charge in [0.25, 0.3) is 0 Å². The zero-order valence-corrected chi connectivity index (χ0v) is 11.2. The van der Waals surface area contributed by atoms with E-state index in [2.05, 4.69) is 4.90 Å². The molecule has 0 amide bonds. The van der Waals surface area contributed by atoms with Crippen LogP contribution in [0, 0.1) is 0 Å². The minimum absolute atomic E-state index is 0.0000617. The first kappa shape index (κ1) is 13.2. The summed E-state index contributed by atoms with van der Waals surface area (Å²) in [6.45, 7) is 2.16. The second-order valence-electron chi connectivity index (χ2n) is 4.46. The third-order valence-electron chi connectivity index (χ3n) is 3.33. The van der Waals surface area contributed by atoms with E-state index >= 15 is 0 Å². The Labute approximate surface area is 112 Å². The zero-order chi connectivity index (χ0) is 12.3. The Morgan fingerprint density at radius 3 is 2.47 bits per heavy atom. The summed E-state index contributed by atoms with van der Waals surface area (Å²) >= 11 is 12.1. The van der Waals surface area contributed by atoms with E-state index in [9.17, 15) is 5.11 Å². The highest BCUT2D eigenvalue weighted by atomic mass is 35.5. The maximum atomic E-state index is 9.59. The molecule has 1 aliphatic heterocycles. The molecule has 1 aliphatic rings. The van der Waals surface area contributed by atoms with E-state index in [1.54, 1.807) is 6.07 Å². The molecule has 0 aliphatic carbocycles. The van der Waals surface area contributed by atoms with Gasteiger partial charge in [0, 0.05) is 10.0 Å². The number of benzene rings is 1. The molecular weight excluding hydrogens is 257 g/mol. The lowest BCUT2D eigenvalue weighted by Gasteiger charge is -2.34. The van der Waals surface area contributed by atoms with Crippen molar-refractivity contribution >= 4 is 23.2 Å². The topological polar surface area (TPSA) is 23.5 Å². The first-order valence-electron chi connectivity index (χ1n) is 6.02. The predicted molar refractivity (Wildman–Crippen MR) is 71.7 cm³/mol. The molecule has 0 bridgehead atoms. The van der Waals surface area contributed by atoms with Gasteiger partial charge in [-0.05, 0) is 43.6 Å². The molecule has 0 radical (unpaired) electrons. The zero-order valence-electron chi connectivity index (χ0n) is 9.70. The number of nitrogens with zero attached hydrogens (tertiary/aromatic N) is 1. The van der Waals surface area contributed by atoms with Crippen molar-refractivity contribution in [3.05, 3.63) is 33.8 Å². The van der Waals surface area contributed by atoms with Gasteiger partial charge in [-0.3, -0.25) is 4.90 Å². The maximum absolute atomic E-state index is 9.59. The van der Waals surface area contributed by atoms with Crippen LogP contribution in [0.25, 0.3) is 0 Å². The smallest absolute Gasteiger partial charge is 0.0629 e. The Kier molecular flexibility index (Phi) is 4.69. The highest BCUT2D eigenvalue weighted by Gasteiger charge is 2.23. The molecule has 2 nitrogen and oxygen atoms in total. The van der Waals surface area contributed by atoms with Crippen LogP contribution in [0.3, 0.4) is 0 Å². The molecule has 94 valence electrons. The van der Waals surface area contributed by atoms with Crippen molar-refractivity contribution in [1.29, 1.82) is 0 Å². The maximum Gasteiger partial charge on any atom is 0.0629 e. The average Bonchev–Trinajstić information content (AvgIpc) is 2.34. The average molecular weight is 274 g/mol. The first-order valence-corrected chi connectivity index (χ1v) is 6.78. The number of aliphatic hydroxyl groups is 1. The van der Waals surface area contributed by atoms with Crippen molar-refractivity contribution < 1.29 is 5.11 Å². The fourth-order valence-corrected chi connectivity index (χ4v) is 2.95. The van der Waals surface area contributed by atoms with Crippen LogP contribution in [0.4, 0.5) is 0 Å². The van der Waals surface area contributed by atoms with E-state index in [-0.39, 0.29) is 12.6 Å². The summed E-state index contributed by atoms with van der Waals surface area (Å²) in [5.41, 5.74) is 0.973. The molecule has 1 unspecified atom stereocenters. The van der Waals surface area contributed by atoms with Crippen LogP contribution in [0.5, 0.6) is 0 Å². The van der Waals surface area contributed by atoms with E-state index < -0.39 is 0 Å². The fraction of sp³-hybridized carbons (Fsp3) is 0.538. The van der Waals surface area contributed by atoms with E-state index in [0.29, 0.717) is 10.0 Å². The normalized spacial score (nSPS) is 19.2. The number of halogens is 2. The Bertz CT molecular complexity index is 378. The lowest BCUT2D eigenvalue weighted by Crippen LogP contribution is -2.35. The highest BCUT2D eigenvalue weighted by Crippen LogP contribution is 2.31. The number of rotatable bonds is 3. The van der Waals surface area contributed by atoms with E-state index in [1.807, 2.05) is 12.1 Å². The van der Waals surface area contributed by atoms with Gasteiger partial charge >= 0.3 is 0 Å². The van der Waals surface area contributed by atoms with Crippen molar-refractivity contribution in [2.45, 2.75) is 25.3 Å². The molecule has 1 aromatic carbocycles. The van der Waals surface area contributed by atoms with Crippen LogP contribution in [-0.2, 0) is 0 Å². The number of piperidine rings is 1. The van der Waals surface area contributed by atoms with Gasteiger partial charge in [0.15, 0.2) is 0 Å². The molecule has 0 spiro atoms. The summed E-state index contributed by atoms with van der Waals surface area (Å²) < 4.78 is 0. The second-order valence-corrected chi connectivity index (χ2v) is 5.30. The van der Waals surface area contributed by atoms with Crippen LogP contribution in [0.1, 0.15) is 30.9 Å². The lowest BCUT2D eigenvalue weighted by molar-refractivity contribution is 0.104. The largest absolute Gasteiger partial charge is 0.394 e. The van der Waals surface area contributed by atoms with Gasteiger partial charge in [0.1, 0.15) is 0 Å². The van der Waals surface area contributed by atoms with Crippen molar-refractivity contribution in [3.63, 3.8) is 0 Å². The molecule has 2 rings (SSSR count). The second kappa shape index (κ2) is 6.05. The summed E-state index contributed by atoms with van der Waals surface area (Å²) in [4.78, 5) is 2.30. The first-order chi connectivity index (χ1) is 8.22. The van der Waals surface area contributed by atoms with Gasteiger partial charge in [0.2, 0.25) is 0 Å². The van der Waals surface area contributed by atoms with Crippen LogP contribution < -0.4 is 0 Å².